The Hall–Kier alpha value is -2.35. The van der Waals surface area contributed by atoms with E-state index >= 15 is 0 Å². The lowest BCUT2D eigenvalue weighted by molar-refractivity contribution is -0.220. The van der Waals surface area contributed by atoms with Gasteiger partial charge < -0.3 is 23.7 Å². The molecule has 4 fully saturated rings. The summed E-state index contributed by atoms with van der Waals surface area (Å²) < 4.78 is 22.1. The molecular formula is C22H26O8. The van der Waals surface area contributed by atoms with Crippen molar-refractivity contribution in [2.75, 3.05) is 6.61 Å². The third kappa shape index (κ3) is 2.23. The van der Waals surface area contributed by atoms with Crippen LogP contribution >= 0.6 is 0 Å². The molecule has 2 aliphatic heterocycles. The fraction of sp³-hybridized carbons (Fsp3) is 0.682. The fourth-order valence-corrected chi connectivity index (χ4v) is 6.84. The zero-order valence-corrected chi connectivity index (χ0v) is 17.1. The number of hydrogen-bond acceptors (Lipinski definition) is 8. The van der Waals surface area contributed by atoms with Gasteiger partial charge in [0.1, 0.15) is 18.8 Å². The molecule has 30 heavy (non-hydrogen) atoms. The molecule has 2 saturated heterocycles. The molecule has 3 heterocycles. The summed E-state index contributed by atoms with van der Waals surface area (Å²) in [7, 11) is 0. The van der Waals surface area contributed by atoms with Crippen LogP contribution in [-0.2, 0) is 28.6 Å². The van der Waals surface area contributed by atoms with Gasteiger partial charge in [-0.25, -0.2) is 4.79 Å². The van der Waals surface area contributed by atoms with Gasteiger partial charge in [-0.2, -0.15) is 0 Å². The normalized spacial score (nSPS) is 44.5. The van der Waals surface area contributed by atoms with Gasteiger partial charge in [0.25, 0.3) is 0 Å². The number of rotatable bonds is 3. The highest BCUT2D eigenvalue weighted by atomic mass is 16.6. The molecule has 0 aromatic carbocycles. The first-order valence-electron chi connectivity index (χ1n) is 10.6. The maximum Gasteiger partial charge on any atom is 0.339 e. The Labute approximate surface area is 173 Å². The van der Waals surface area contributed by atoms with E-state index in [-0.39, 0.29) is 24.9 Å². The number of aliphatic hydroxyl groups is 1. The second-order valence-corrected chi connectivity index (χ2v) is 9.35. The van der Waals surface area contributed by atoms with Crippen molar-refractivity contribution in [3.63, 3.8) is 0 Å². The lowest BCUT2D eigenvalue weighted by atomic mass is 9.42. The number of cyclic esters (lactones) is 1. The van der Waals surface area contributed by atoms with Crippen molar-refractivity contribution < 1.29 is 38.1 Å². The van der Waals surface area contributed by atoms with E-state index in [4.69, 9.17) is 18.6 Å². The molecule has 1 aromatic rings. The molecule has 4 aliphatic rings. The topological polar surface area (TPSA) is 112 Å². The molecule has 2 aliphatic carbocycles. The third-order valence-corrected chi connectivity index (χ3v) is 8.24. The monoisotopic (exact) mass is 418 g/mol. The quantitative estimate of drug-likeness (QED) is 0.588. The fourth-order valence-electron chi connectivity index (χ4n) is 6.84. The van der Waals surface area contributed by atoms with Crippen molar-refractivity contribution in [3.05, 3.63) is 24.2 Å². The van der Waals surface area contributed by atoms with Crippen LogP contribution in [0.25, 0.3) is 0 Å². The van der Waals surface area contributed by atoms with E-state index in [1.807, 2.05) is 6.92 Å². The number of fused-ring (bicyclic) bond motifs is 1. The molecule has 8 heteroatoms. The van der Waals surface area contributed by atoms with E-state index < -0.39 is 46.5 Å². The van der Waals surface area contributed by atoms with Crippen LogP contribution in [0.3, 0.4) is 0 Å². The van der Waals surface area contributed by atoms with Crippen LogP contribution in [0, 0.1) is 22.7 Å². The molecule has 0 bridgehead atoms. The van der Waals surface area contributed by atoms with E-state index in [1.165, 1.54) is 6.92 Å². The van der Waals surface area contributed by atoms with Crippen molar-refractivity contribution >= 4 is 17.9 Å². The van der Waals surface area contributed by atoms with Crippen LogP contribution < -0.4 is 0 Å². The van der Waals surface area contributed by atoms with Gasteiger partial charge in [-0.15, -0.1) is 0 Å². The van der Waals surface area contributed by atoms with E-state index in [0.29, 0.717) is 25.7 Å². The number of hydrogen-bond donors (Lipinski definition) is 1. The molecule has 0 radical (unpaired) electrons. The first kappa shape index (κ1) is 19.6. The maximum absolute atomic E-state index is 13.5. The molecule has 7 atom stereocenters. The first-order chi connectivity index (χ1) is 14.3. The second kappa shape index (κ2) is 6.33. The van der Waals surface area contributed by atoms with Gasteiger partial charge in [-0.05, 0) is 43.6 Å². The molecule has 2 saturated carbocycles. The van der Waals surface area contributed by atoms with Gasteiger partial charge in [-0.3, -0.25) is 9.59 Å². The molecule has 0 amide bonds. The predicted molar refractivity (Wildman–Crippen MR) is 99.6 cm³/mol. The van der Waals surface area contributed by atoms with E-state index in [0.717, 1.165) is 5.56 Å². The maximum atomic E-state index is 13.5. The van der Waals surface area contributed by atoms with Crippen molar-refractivity contribution in [1.29, 1.82) is 0 Å². The molecular weight excluding hydrogens is 392 g/mol. The Morgan fingerprint density at radius 3 is 2.80 bits per heavy atom. The lowest BCUT2D eigenvalue weighted by Crippen LogP contribution is -2.68. The van der Waals surface area contributed by atoms with Crippen LogP contribution in [0.5, 0.6) is 0 Å². The van der Waals surface area contributed by atoms with E-state index in [2.05, 4.69) is 0 Å². The largest absolute Gasteiger partial charge is 0.472 e. The summed E-state index contributed by atoms with van der Waals surface area (Å²) in [6.45, 7) is 3.12. The zero-order valence-electron chi connectivity index (χ0n) is 17.1. The average Bonchev–Trinajstić information content (AvgIpc) is 3.38. The molecule has 162 valence electrons. The predicted octanol–water partition coefficient (Wildman–Crippen LogP) is 2.30. The molecule has 1 aromatic heterocycles. The summed E-state index contributed by atoms with van der Waals surface area (Å²) in [6.07, 6.45) is 4.30. The minimum atomic E-state index is -1.78. The minimum Gasteiger partial charge on any atom is -0.472 e. The second-order valence-electron chi connectivity index (χ2n) is 9.35. The number of furan rings is 1. The van der Waals surface area contributed by atoms with Crippen molar-refractivity contribution in [2.24, 2.45) is 22.7 Å². The highest BCUT2D eigenvalue weighted by Gasteiger charge is 2.79. The summed E-state index contributed by atoms with van der Waals surface area (Å²) in [4.78, 5) is 38.0. The summed E-state index contributed by atoms with van der Waals surface area (Å²) in [5, 5.41) is 11.6. The van der Waals surface area contributed by atoms with E-state index in [1.54, 1.807) is 18.6 Å². The van der Waals surface area contributed by atoms with Crippen molar-refractivity contribution in [1.82, 2.24) is 0 Å². The molecule has 1 spiro atoms. The van der Waals surface area contributed by atoms with Gasteiger partial charge in [0.05, 0.1) is 23.4 Å². The molecule has 0 unspecified atom stereocenters. The summed E-state index contributed by atoms with van der Waals surface area (Å²) in [6, 6.07) is 1.78. The van der Waals surface area contributed by atoms with Crippen molar-refractivity contribution in [2.45, 2.75) is 63.8 Å². The van der Waals surface area contributed by atoms with E-state index in [9.17, 15) is 19.5 Å². The minimum absolute atomic E-state index is 0.129. The first-order valence-corrected chi connectivity index (χ1v) is 10.6. The Morgan fingerprint density at radius 1 is 1.30 bits per heavy atom. The van der Waals surface area contributed by atoms with Crippen LogP contribution in [-0.4, -0.2) is 41.3 Å². The summed E-state index contributed by atoms with van der Waals surface area (Å²) in [5.41, 5.74) is -3.06. The average molecular weight is 418 g/mol. The number of carbonyl (C=O) groups is 3. The van der Waals surface area contributed by atoms with Gasteiger partial charge in [0, 0.05) is 18.9 Å². The van der Waals surface area contributed by atoms with Crippen LogP contribution in [0.2, 0.25) is 0 Å². The number of esters is 3. The zero-order chi connectivity index (χ0) is 21.3. The van der Waals surface area contributed by atoms with Gasteiger partial charge in [0.2, 0.25) is 0 Å². The Bertz CT molecular complexity index is 893. The Morgan fingerprint density at radius 2 is 2.10 bits per heavy atom. The van der Waals surface area contributed by atoms with Gasteiger partial charge in [-0.1, -0.05) is 6.92 Å². The highest BCUT2D eigenvalue weighted by molar-refractivity contribution is 5.86. The Kier molecular flexibility index (Phi) is 4.13. The van der Waals surface area contributed by atoms with Crippen LogP contribution in [0.1, 0.15) is 57.6 Å². The van der Waals surface area contributed by atoms with Crippen LogP contribution in [0.15, 0.2) is 23.0 Å². The standard InChI is InChI=1S/C22H26O8/c1-12-8-17-21(11-28-13(2)23)16(4-3-6-22(21,26)19(25)30-17)20(12)9-15(29-18(20)24)14-5-7-27-10-14/h5,7,10,12,15-17,26H,3-4,6,8-9,11H2,1-2H3/t12-,15+,16-,17-,20-,21+,22+/m1/s1. The molecule has 8 nitrogen and oxygen atoms in total. The highest BCUT2D eigenvalue weighted by Crippen LogP contribution is 2.70. The SMILES string of the molecule is CC(=O)OC[C@@]12[C@@H]3CCC[C@]1(O)C(=O)O[C@@H]2C[C@@H](C)[C@]31C[C@@H](c2ccoc2)OC1=O. The van der Waals surface area contributed by atoms with Crippen molar-refractivity contribution in [3.8, 4) is 0 Å². The smallest absolute Gasteiger partial charge is 0.339 e. The van der Waals surface area contributed by atoms with Gasteiger partial charge in [0.15, 0.2) is 5.60 Å². The molecule has 5 rings (SSSR count). The van der Waals surface area contributed by atoms with Gasteiger partial charge >= 0.3 is 17.9 Å². The third-order valence-electron chi connectivity index (χ3n) is 8.24. The Balaban J connectivity index is 1.63. The summed E-state index contributed by atoms with van der Waals surface area (Å²) >= 11 is 0. The van der Waals surface area contributed by atoms with Crippen LogP contribution in [0.4, 0.5) is 0 Å². The number of carbonyl (C=O) groups excluding carboxylic acids is 3. The lowest BCUT2D eigenvalue weighted by Gasteiger charge is -2.59. The summed E-state index contributed by atoms with van der Waals surface area (Å²) in [5.74, 6) is -2.04. The molecule has 1 N–H and O–H groups in total. The number of ether oxygens (including phenoxy) is 3.